The average Bonchev–Trinajstić information content (AvgIpc) is 2.84. The molecule has 1 aromatic heterocycles. The van der Waals surface area contributed by atoms with Crippen LogP contribution < -0.4 is 11.2 Å². The molecule has 0 aliphatic carbocycles. The van der Waals surface area contributed by atoms with Crippen molar-refractivity contribution < 1.29 is 14.3 Å². The molecule has 1 fully saturated rings. The number of carbonyl (C=O) groups is 1. The fraction of sp³-hybridized carbons (Fsp3) is 0.583. The minimum absolute atomic E-state index is 0.196. The second kappa shape index (κ2) is 5.83. The molecule has 2 heterocycles. The number of H-pyrrole nitrogens is 1. The molecule has 0 radical (unpaired) electrons. The predicted molar refractivity (Wildman–Crippen MR) is 65.7 cm³/mol. The van der Waals surface area contributed by atoms with Crippen LogP contribution in [-0.2, 0) is 14.3 Å². The lowest BCUT2D eigenvalue weighted by atomic mass is 10.2. The van der Waals surface area contributed by atoms with E-state index < -0.39 is 17.5 Å². The van der Waals surface area contributed by atoms with E-state index in [1.165, 1.54) is 16.8 Å². The number of aromatic nitrogens is 2. The Hall–Kier alpha value is -1.89. The summed E-state index contributed by atoms with van der Waals surface area (Å²) in [5.41, 5.74) is -0.934. The lowest BCUT2D eigenvalue weighted by Crippen LogP contribution is -2.31. The van der Waals surface area contributed by atoms with E-state index in [0.717, 1.165) is 0 Å². The first kappa shape index (κ1) is 13.5. The molecular weight excluding hydrogens is 252 g/mol. The average molecular weight is 268 g/mol. The van der Waals surface area contributed by atoms with E-state index >= 15 is 0 Å². The van der Waals surface area contributed by atoms with Gasteiger partial charge >= 0.3 is 11.7 Å². The van der Waals surface area contributed by atoms with Crippen LogP contribution in [0.2, 0.25) is 0 Å². The van der Waals surface area contributed by atoms with Gasteiger partial charge in [0.25, 0.3) is 5.56 Å². The SMILES string of the molecule is CCC(=O)OC[C@H]1CC[C@H](n2ccc(=O)[nH]c2=O)O1. The molecule has 0 aromatic carbocycles. The molecule has 1 aromatic rings. The zero-order valence-electron chi connectivity index (χ0n) is 10.6. The Kier molecular flexibility index (Phi) is 4.16. The van der Waals surface area contributed by atoms with Crippen LogP contribution in [0, 0.1) is 0 Å². The number of rotatable bonds is 4. The first-order valence-electron chi connectivity index (χ1n) is 6.22. The minimum atomic E-state index is -0.497. The molecule has 1 aliphatic rings. The highest BCUT2D eigenvalue weighted by molar-refractivity contribution is 5.68. The lowest BCUT2D eigenvalue weighted by molar-refractivity contribution is -0.148. The number of aromatic amines is 1. The maximum Gasteiger partial charge on any atom is 0.330 e. The standard InChI is InChI=1S/C12H16N2O5/c1-2-11(16)18-7-8-3-4-10(19-8)14-6-5-9(15)13-12(14)17/h5-6,8,10H,2-4,7H2,1H3,(H,13,15,17)/t8-,10-/m1/s1. The molecule has 104 valence electrons. The number of ether oxygens (including phenoxy) is 2. The van der Waals surface area contributed by atoms with Crippen LogP contribution in [0.25, 0.3) is 0 Å². The Morgan fingerprint density at radius 3 is 3.00 bits per heavy atom. The molecule has 0 unspecified atom stereocenters. The third-order valence-electron chi connectivity index (χ3n) is 2.97. The van der Waals surface area contributed by atoms with Crippen molar-refractivity contribution in [1.82, 2.24) is 9.55 Å². The lowest BCUT2D eigenvalue weighted by Gasteiger charge is -2.15. The zero-order valence-corrected chi connectivity index (χ0v) is 10.6. The summed E-state index contributed by atoms with van der Waals surface area (Å²) in [6.07, 6.45) is 2.45. The van der Waals surface area contributed by atoms with Gasteiger partial charge in [0.1, 0.15) is 12.8 Å². The quantitative estimate of drug-likeness (QED) is 0.786. The van der Waals surface area contributed by atoms with E-state index in [0.29, 0.717) is 19.3 Å². The Morgan fingerprint density at radius 2 is 2.32 bits per heavy atom. The topological polar surface area (TPSA) is 90.4 Å². The van der Waals surface area contributed by atoms with Crippen molar-refractivity contribution in [3.63, 3.8) is 0 Å². The molecule has 1 N–H and O–H groups in total. The Labute approximate surface area is 109 Å². The van der Waals surface area contributed by atoms with Gasteiger partial charge in [0.15, 0.2) is 0 Å². The largest absolute Gasteiger partial charge is 0.463 e. The van der Waals surface area contributed by atoms with E-state index in [4.69, 9.17) is 9.47 Å². The maximum absolute atomic E-state index is 11.6. The second-order valence-corrected chi connectivity index (χ2v) is 4.34. The van der Waals surface area contributed by atoms with Gasteiger partial charge in [-0.1, -0.05) is 6.92 Å². The summed E-state index contributed by atoms with van der Waals surface area (Å²) >= 11 is 0. The zero-order chi connectivity index (χ0) is 13.8. The molecule has 19 heavy (non-hydrogen) atoms. The van der Waals surface area contributed by atoms with Gasteiger partial charge in [0.05, 0.1) is 6.10 Å². The van der Waals surface area contributed by atoms with E-state index in [9.17, 15) is 14.4 Å². The van der Waals surface area contributed by atoms with Crippen LogP contribution in [-0.4, -0.2) is 28.2 Å². The highest BCUT2D eigenvalue weighted by Gasteiger charge is 2.28. The van der Waals surface area contributed by atoms with E-state index in [-0.39, 0.29) is 18.7 Å². The smallest absolute Gasteiger partial charge is 0.330 e. The highest BCUT2D eigenvalue weighted by Crippen LogP contribution is 2.26. The monoisotopic (exact) mass is 268 g/mol. The molecule has 1 saturated heterocycles. The normalized spacial score (nSPS) is 22.4. The number of hydrogen-bond donors (Lipinski definition) is 1. The fourth-order valence-electron chi connectivity index (χ4n) is 1.96. The first-order valence-corrected chi connectivity index (χ1v) is 6.22. The van der Waals surface area contributed by atoms with Crippen LogP contribution in [0.1, 0.15) is 32.4 Å². The predicted octanol–water partition coefficient (Wildman–Crippen LogP) is 0.167. The van der Waals surface area contributed by atoms with Gasteiger partial charge in [-0.25, -0.2) is 4.79 Å². The molecule has 0 spiro atoms. The Morgan fingerprint density at radius 1 is 1.53 bits per heavy atom. The van der Waals surface area contributed by atoms with Gasteiger partial charge in [-0.2, -0.15) is 0 Å². The van der Waals surface area contributed by atoms with Crippen molar-refractivity contribution in [3.8, 4) is 0 Å². The number of carbonyl (C=O) groups excluding carboxylic acids is 1. The van der Waals surface area contributed by atoms with Gasteiger partial charge in [0.2, 0.25) is 0 Å². The molecule has 7 heteroatoms. The van der Waals surface area contributed by atoms with Crippen molar-refractivity contribution in [2.45, 2.75) is 38.5 Å². The van der Waals surface area contributed by atoms with Crippen LogP contribution >= 0.6 is 0 Å². The Bertz CT molecular complexity index is 562. The van der Waals surface area contributed by atoms with Gasteiger partial charge in [-0.15, -0.1) is 0 Å². The summed E-state index contributed by atoms with van der Waals surface area (Å²) in [5.74, 6) is -0.270. The summed E-state index contributed by atoms with van der Waals surface area (Å²) in [4.78, 5) is 35.8. The summed E-state index contributed by atoms with van der Waals surface area (Å²) in [7, 11) is 0. The minimum Gasteiger partial charge on any atom is -0.463 e. The van der Waals surface area contributed by atoms with E-state index in [1.807, 2.05) is 0 Å². The first-order chi connectivity index (χ1) is 9.10. The molecule has 0 bridgehead atoms. The summed E-state index contributed by atoms with van der Waals surface area (Å²) < 4.78 is 12.0. The van der Waals surface area contributed by atoms with Crippen molar-refractivity contribution in [2.24, 2.45) is 0 Å². The third kappa shape index (κ3) is 3.31. The summed E-state index contributed by atoms with van der Waals surface area (Å²) in [5, 5.41) is 0. The van der Waals surface area contributed by atoms with E-state index in [2.05, 4.69) is 4.98 Å². The van der Waals surface area contributed by atoms with Gasteiger partial charge < -0.3 is 9.47 Å². The van der Waals surface area contributed by atoms with Crippen LogP contribution in [0.3, 0.4) is 0 Å². The molecule has 7 nitrogen and oxygen atoms in total. The van der Waals surface area contributed by atoms with Crippen molar-refractivity contribution in [1.29, 1.82) is 0 Å². The molecule has 1 aliphatic heterocycles. The van der Waals surface area contributed by atoms with Crippen LogP contribution in [0.5, 0.6) is 0 Å². The van der Waals surface area contributed by atoms with Gasteiger partial charge in [-0.05, 0) is 12.8 Å². The third-order valence-corrected chi connectivity index (χ3v) is 2.97. The molecule has 2 atom stereocenters. The van der Waals surface area contributed by atoms with Crippen molar-refractivity contribution >= 4 is 5.97 Å². The van der Waals surface area contributed by atoms with Crippen LogP contribution in [0.4, 0.5) is 0 Å². The fourth-order valence-corrected chi connectivity index (χ4v) is 1.96. The number of nitrogens with one attached hydrogen (secondary N) is 1. The molecule has 0 saturated carbocycles. The number of hydrogen-bond acceptors (Lipinski definition) is 5. The van der Waals surface area contributed by atoms with Crippen molar-refractivity contribution in [3.05, 3.63) is 33.1 Å². The number of esters is 1. The van der Waals surface area contributed by atoms with Gasteiger partial charge in [0, 0.05) is 18.7 Å². The number of nitrogens with zero attached hydrogens (tertiary/aromatic N) is 1. The van der Waals surface area contributed by atoms with Crippen molar-refractivity contribution in [2.75, 3.05) is 6.61 Å². The molecule has 0 amide bonds. The molecule has 2 rings (SSSR count). The Balaban J connectivity index is 1.96. The second-order valence-electron chi connectivity index (χ2n) is 4.34. The summed E-state index contributed by atoms with van der Waals surface area (Å²) in [6.45, 7) is 1.92. The van der Waals surface area contributed by atoms with E-state index in [1.54, 1.807) is 6.92 Å². The summed E-state index contributed by atoms with van der Waals surface area (Å²) in [6, 6.07) is 1.27. The van der Waals surface area contributed by atoms with Crippen LogP contribution in [0.15, 0.2) is 21.9 Å². The van der Waals surface area contributed by atoms with Gasteiger partial charge in [-0.3, -0.25) is 19.1 Å². The highest BCUT2D eigenvalue weighted by atomic mass is 16.6. The maximum atomic E-state index is 11.6. The molecular formula is C12H16N2O5.